The highest BCUT2D eigenvalue weighted by atomic mass is 32.1. The first-order valence-electron chi connectivity index (χ1n) is 6.12. The molecule has 21 heavy (non-hydrogen) atoms. The Bertz CT molecular complexity index is 816. The van der Waals surface area contributed by atoms with E-state index in [0.717, 1.165) is 10.2 Å². The zero-order chi connectivity index (χ0) is 14.8. The molecule has 7 heteroatoms. The zero-order valence-corrected chi connectivity index (χ0v) is 12.0. The van der Waals surface area contributed by atoms with Crippen molar-refractivity contribution in [1.82, 2.24) is 9.97 Å². The van der Waals surface area contributed by atoms with Gasteiger partial charge in [0.15, 0.2) is 0 Å². The lowest BCUT2D eigenvalue weighted by Gasteiger charge is -2.12. The highest BCUT2D eigenvalue weighted by molar-refractivity contribution is 7.16. The molecule has 0 fully saturated rings. The van der Waals surface area contributed by atoms with Gasteiger partial charge in [-0.05, 0) is 29.6 Å². The number of ether oxygens (including phenoxy) is 1. The topological polar surface area (TPSA) is 90.1 Å². The minimum atomic E-state index is -0.498. The molecular weight excluding hydrogens is 288 g/mol. The quantitative estimate of drug-likeness (QED) is 0.772. The fourth-order valence-corrected chi connectivity index (χ4v) is 2.70. The van der Waals surface area contributed by atoms with Gasteiger partial charge in [0.05, 0.1) is 18.2 Å². The van der Waals surface area contributed by atoms with Crippen LogP contribution in [0.1, 0.15) is 10.4 Å². The first-order valence-corrected chi connectivity index (χ1v) is 7.00. The number of carbonyl (C=O) groups is 1. The number of carbonyl (C=O) groups excluding carboxylic acids is 1. The maximum Gasteiger partial charge on any atom is 0.248 e. The lowest BCUT2D eigenvalue weighted by Crippen LogP contribution is -2.11. The lowest BCUT2D eigenvalue weighted by atomic mass is 10.1. The standard InChI is InChI=1S/C14H12N4O2S/c1-20-11-6-8(12(15)19)2-3-10(11)18-13-9-4-5-21-14(9)17-7-16-13/h2-7H,1H3,(H2,15,19)(H,16,17,18). The number of nitrogens with two attached hydrogens (primary N) is 1. The van der Waals surface area contributed by atoms with Crippen LogP contribution < -0.4 is 15.8 Å². The van der Waals surface area contributed by atoms with Gasteiger partial charge in [-0.25, -0.2) is 9.97 Å². The van der Waals surface area contributed by atoms with Crippen molar-refractivity contribution in [3.05, 3.63) is 41.5 Å². The van der Waals surface area contributed by atoms with Crippen LogP contribution in [0.4, 0.5) is 11.5 Å². The summed E-state index contributed by atoms with van der Waals surface area (Å²) in [7, 11) is 1.53. The number of hydrogen-bond acceptors (Lipinski definition) is 6. The monoisotopic (exact) mass is 300 g/mol. The van der Waals surface area contributed by atoms with E-state index < -0.39 is 5.91 Å². The number of anilines is 2. The summed E-state index contributed by atoms with van der Waals surface area (Å²) in [5, 5.41) is 6.09. The van der Waals surface area contributed by atoms with Crippen molar-refractivity contribution >= 4 is 39.0 Å². The van der Waals surface area contributed by atoms with E-state index in [1.54, 1.807) is 29.5 Å². The van der Waals surface area contributed by atoms with Crippen LogP contribution in [-0.4, -0.2) is 23.0 Å². The summed E-state index contributed by atoms with van der Waals surface area (Å²) in [6.07, 6.45) is 1.51. The number of thiophene rings is 1. The molecule has 6 nitrogen and oxygen atoms in total. The normalized spacial score (nSPS) is 10.5. The van der Waals surface area contributed by atoms with E-state index in [1.165, 1.54) is 13.4 Å². The molecule has 1 aromatic carbocycles. The van der Waals surface area contributed by atoms with E-state index in [0.29, 0.717) is 22.8 Å². The summed E-state index contributed by atoms with van der Waals surface area (Å²) in [4.78, 5) is 20.6. The summed E-state index contributed by atoms with van der Waals surface area (Å²) in [6.45, 7) is 0. The van der Waals surface area contributed by atoms with Crippen LogP contribution in [0.5, 0.6) is 5.75 Å². The fourth-order valence-electron chi connectivity index (χ4n) is 1.96. The van der Waals surface area contributed by atoms with Gasteiger partial charge in [0, 0.05) is 5.56 Å². The molecule has 0 atom stereocenters. The van der Waals surface area contributed by atoms with E-state index in [4.69, 9.17) is 10.5 Å². The highest BCUT2D eigenvalue weighted by Gasteiger charge is 2.10. The Kier molecular flexibility index (Phi) is 3.41. The zero-order valence-electron chi connectivity index (χ0n) is 11.2. The number of primary amides is 1. The molecule has 0 bridgehead atoms. The van der Waals surface area contributed by atoms with Gasteiger partial charge in [0.1, 0.15) is 22.7 Å². The van der Waals surface area contributed by atoms with E-state index >= 15 is 0 Å². The van der Waals surface area contributed by atoms with Crippen LogP contribution in [0.3, 0.4) is 0 Å². The Labute approximate surface area is 124 Å². The number of rotatable bonds is 4. The molecule has 1 amide bonds. The number of methoxy groups -OCH3 is 1. The minimum Gasteiger partial charge on any atom is -0.495 e. The molecule has 0 saturated carbocycles. The van der Waals surface area contributed by atoms with Gasteiger partial charge in [-0.2, -0.15) is 0 Å². The Balaban J connectivity index is 2.01. The molecule has 3 rings (SSSR count). The molecule has 0 spiro atoms. The molecule has 0 aliphatic carbocycles. The van der Waals surface area contributed by atoms with Gasteiger partial charge >= 0.3 is 0 Å². The second kappa shape index (κ2) is 5.37. The third-order valence-electron chi connectivity index (χ3n) is 3.00. The number of nitrogens with one attached hydrogen (secondary N) is 1. The van der Waals surface area contributed by atoms with Crippen LogP contribution in [0, 0.1) is 0 Å². The van der Waals surface area contributed by atoms with Crippen molar-refractivity contribution in [2.75, 3.05) is 12.4 Å². The smallest absolute Gasteiger partial charge is 0.248 e. The van der Waals surface area contributed by atoms with Crippen LogP contribution >= 0.6 is 11.3 Å². The Morgan fingerprint density at radius 1 is 1.33 bits per heavy atom. The Morgan fingerprint density at radius 3 is 2.95 bits per heavy atom. The van der Waals surface area contributed by atoms with Crippen LogP contribution in [0.2, 0.25) is 0 Å². The maximum atomic E-state index is 11.2. The van der Waals surface area contributed by atoms with Crippen molar-refractivity contribution in [3.63, 3.8) is 0 Å². The molecule has 106 valence electrons. The van der Waals surface area contributed by atoms with Gasteiger partial charge in [0.2, 0.25) is 5.91 Å². The van der Waals surface area contributed by atoms with Crippen molar-refractivity contribution in [2.24, 2.45) is 5.73 Å². The number of hydrogen-bond donors (Lipinski definition) is 2. The predicted molar refractivity (Wildman–Crippen MR) is 82.2 cm³/mol. The molecule has 3 N–H and O–H groups in total. The molecule has 3 aromatic rings. The maximum absolute atomic E-state index is 11.2. The first-order chi connectivity index (χ1) is 10.2. The number of nitrogens with zero attached hydrogens (tertiary/aromatic N) is 2. The van der Waals surface area contributed by atoms with Gasteiger partial charge < -0.3 is 15.8 Å². The summed E-state index contributed by atoms with van der Waals surface area (Å²) in [6, 6.07) is 6.92. The summed E-state index contributed by atoms with van der Waals surface area (Å²) in [5.41, 5.74) is 6.36. The van der Waals surface area contributed by atoms with Crippen LogP contribution in [0.15, 0.2) is 36.0 Å². The molecule has 0 radical (unpaired) electrons. The van der Waals surface area contributed by atoms with E-state index in [9.17, 15) is 4.79 Å². The molecule has 0 unspecified atom stereocenters. The number of aromatic nitrogens is 2. The third kappa shape index (κ3) is 2.50. The number of fused-ring (bicyclic) bond motifs is 1. The summed E-state index contributed by atoms with van der Waals surface area (Å²) < 4.78 is 5.29. The van der Waals surface area contributed by atoms with E-state index in [1.807, 2.05) is 11.4 Å². The van der Waals surface area contributed by atoms with Crippen molar-refractivity contribution in [1.29, 1.82) is 0 Å². The van der Waals surface area contributed by atoms with Gasteiger partial charge in [-0.3, -0.25) is 4.79 Å². The van der Waals surface area contributed by atoms with Gasteiger partial charge in [0.25, 0.3) is 0 Å². The first kappa shape index (κ1) is 13.3. The summed E-state index contributed by atoms with van der Waals surface area (Å²) >= 11 is 1.54. The summed E-state index contributed by atoms with van der Waals surface area (Å²) in [5.74, 6) is 0.710. The lowest BCUT2D eigenvalue weighted by molar-refractivity contribution is 0.1000. The average molecular weight is 300 g/mol. The Morgan fingerprint density at radius 2 is 2.19 bits per heavy atom. The minimum absolute atomic E-state index is 0.390. The van der Waals surface area contributed by atoms with Crippen molar-refractivity contribution in [2.45, 2.75) is 0 Å². The molecule has 2 aromatic heterocycles. The van der Waals surface area contributed by atoms with E-state index in [2.05, 4.69) is 15.3 Å². The largest absolute Gasteiger partial charge is 0.495 e. The van der Waals surface area contributed by atoms with E-state index in [-0.39, 0.29) is 0 Å². The van der Waals surface area contributed by atoms with Gasteiger partial charge in [-0.1, -0.05) is 0 Å². The predicted octanol–water partition coefficient (Wildman–Crippen LogP) is 2.54. The SMILES string of the molecule is COc1cc(C(N)=O)ccc1Nc1ncnc2sccc12. The second-order valence-corrected chi connectivity index (χ2v) is 5.16. The van der Waals surface area contributed by atoms with Crippen molar-refractivity contribution in [3.8, 4) is 5.75 Å². The highest BCUT2D eigenvalue weighted by Crippen LogP contribution is 2.31. The molecule has 0 aliphatic heterocycles. The van der Waals surface area contributed by atoms with Crippen molar-refractivity contribution < 1.29 is 9.53 Å². The van der Waals surface area contributed by atoms with Crippen LogP contribution in [0.25, 0.3) is 10.2 Å². The fraction of sp³-hybridized carbons (Fsp3) is 0.0714. The molecular formula is C14H12N4O2S. The van der Waals surface area contributed by atoms with Gasteiger partial charge in [-0.15, -0.1) is 11.3 Å². The molecule has 2 heterocycles. The average Bonchev–Trinajstić information content (AvgIpc) is 2.97. The molecule has 0 aliphatic rings. The number of amides is 1. The molecule has 0 saturated heterocycles. The number of benzene rings is 1. The Hall–Kier alpha value is -2.67. The third-order valence-corrected chi connectivity index (χ3v) is 3.82. The van der Waals surface area contributed by atoms with Crippen LogP contribution in [-0.2, 0) is 0 Å². The second-order valence-electron chi connectivity index (χ2n) is 4.27.